The van der Waals surface area contributed by atoms with Gasteiger partial charge in [-0.2, -0.15) is 0 Å². The standard InChI is InChI=1S/C19H18BrN3O3/c1-26-14-5-2-12(3-6-14)11-21-19-16(8-9-18(24)25)22-17-10-13(20)4-7-15(17)23-19/h2-7,10H,8-9,11H2,1H3,(H,21,23)(H,24,25)/p-1. The molecule has 1 aromatic heterocycles. The first kappa shape index (κ1) is 18.1. The number of rotatable bonds is 7. The summed E-state index contributed by atoms with van der Waals surface area (Å²) in [6.07, 6.45) is 0.147. The van der Waals surface area contributed by atoms with Crippen molar-refractivity contribution in [2.45, 2.75) is 19.4 Å². The molecule has 0 saturated carbocycles. The maximum atomic E-state index is 10.8. The fourth-order valence-electron chi connectivity index (χ4n) is 2.53. The highest BCUT2D eigenvalue weighted by Crippen LogP contribution is 2.22. The van der Waals surface area contributed by atoms with Crippen LogP contribution in [0.4, 0.5) is 5.82 Å². The third-order valence-electron chi connectivity index (χ3n) is 3.88. The van der Waals surface area contributed by atoms with Crippen molar-refractivity contribution in [3.05, 3.63) is 58.2 Å². The zero-order valence-electron chi connectivity index (χ0n) is 14.2. The second-order valence-corrected chi connectivity index (χ2v) is 6.64. The first-order valence-corrected chi connectivity index (χ1v) is 8.87. The summed E-state index contributed by atoms with van der Waals surface area (Å²) in [5, 5.41) is 14.1. The van der Waals surface area contributed by atoms with Gasteiger partial charge in [-0.05, 0) is 48.7 Å². The number of nitrogens with one attached hydrogen (secondary N) is 1. The minimum Gasteiger partial charge on any atom is -0.550 e. The molecule has 26 heavy (non-hydrogen) atoms. The highest BCUT2D eigenvalue weighted by atomic mass is 79.9. The average Bonchev–Trinajstić information content (AvgIpc) is 2.64. The van der Waals surface area contributed by atoms with Crippen molar-refractivity contribution in [1.82, 2.24) is 9.97 Å². The lowest BCUT2D eigenvalue weighted by Crippen LogP contribution is -2.23. The van der Waals surface area contributed by atoms with E-state index in [1.54, 1.807) is 7.11 Å². The molecule has 3 aromatic rings. The number of carboxylic acids is 1. The molecule has 0 aliphatic heterocycles. The van der Waals surface area contributed by atoms with E-state index in [1.165, 1.54) is 0 Å². The topological polar surface area (TPSA) is 87.2 Å². The van der Waals surface area contributed by atoms with Gasteiger partial charge in [-0.1, -0.05) is 28.1 Å². The lowest BCUT2D eigenvalue weighted by atomic mass is 10.2. The molecular weight excluding hydrogens is 398 g/mol. The summed E-state index contributed by atoms with van der Waals surface area (Å²) in [5.74, 6) is 0.263. The van der Waals surface area contributed by atoms with Crippen LogP contribution in [0.1, 0.15) is 17.7 Å². The van der Waals surface area contributed by atoms with Gasteiger partial charge in [0.2, 0.25) is 0 Å². The number of carbonyl (C=O) groups is 1. The number of hydrogen-bond acceptors (Lipinski definition) is 6. The van der Waals surface area contributed by atoms with E-state index in [-0.39, 0.29) is 12.8 Å². The minimum absolute atomic E-state index is 0.106. The second-order valence-electron chi connectivity index (χ2n) is 5.73. The highest BCUT2D eigenvalue weighted by molar-refractivity contribution is 9.10. The molecule has 3 rings (SSSR count). The summed E-state index contributed by atoms with van der Waals surface area (Å²) in [6.45, 7) is 0.541. The van der Waals surface area contributed by atoms with Gasteiger partial charge in [0.05, 0.1) is 23.8 Å². The van der Waals surface area contributed by atoms with Crippen molar-refractivity contribution in [1.29, 1.82) is 0 Å². The normalized spacial score (nSPS) is 10.7. The Kier molecular flexibility index (Phi) is 5.68. The number of nitrogens with zero attached hydrogens (tertiary/aromatic N) is 2. The number of benzene rings is 2. The molecule has 2 aromatic carbocycles. The van der Waals surface area contributed by atoms with Crippen LogP contribution in [0, 0.1) is 0 Å². The SMILES string of the molecule is COc1ccc(CNc2nc3ccc(Br)cc3nc2CCC(=O)[O-])cc1. The van der Waals surface area contributed by atoms with Gasteiger partial charge in [0, 0.05) is 17.0 Å². The van der Waals surface area contributed by atoms with Crippen LogP contribution in [0.5, 0.6) is 5.75 Å². The van der Waals surface area contributed by atoms with Crippen LogP contribution >= 0.6 is 15.9 Å². The van der Waals surface area contributed by atoms with Crippen molar-refractivity contribution in [3.63, 3.8) is 0 Å². The number of hydrogen-bond donors (Lipinski definition) is 1. The molecule has 0 spiro atoms. The minimum atomic E-state index is -1.11. The number of anilines is 1. The van der Waals surface area contributed by atoms with Gasteiger partial charge in [-0.3, -0.25) is 0 Å². The monoisotopic (exact) mass is 414 g/mol. The van der Waals surface area contributed by atoms with Crippen molar-refractivity contribution in [3.8, 4) is 5.75 Å². The number of aryl methyl sites for hydroxylation is 1. The summed E-state index contributed by atoms with van der Waals surface area (Å²) >= 11 is 3.41. The quantitative estimate of drug-likeness (QED) is 0.639. The largest absolute Gasteiger partial charge is 0.550 e. The van der Waals surface area contributed by atoms with E-state index in [1.807, 2.05) is 42.5 Å². The highest BCUT2D eigenvalue weighted by Gasteiger charge is 2.10. The lowest BCUT2D eigenvalue weighted by molar-refractivity contribution is -0.305. The summed E-state index contributed by atoms with van der Waals surface area (Å²) in [6, 6.07) is 13.3. The Hall–Kier alpha value is -2.67. The van der Waals surface area contributed by atoms with Gasteiger partial charge in [-0.15, -0.1) is 0 Å². The third-order valence-corrected chi connectivity index (χ3v) is 4.38. The Morgan fingerprint density at radius 2 is 1.92 bits per heavy atom. The smallest absolute Gasteiger partial charge is 0.148 e. The van der Waals surface area contributed by atoms with Crippen LogP contribution in [-0.4, -0.2) is 23.0 Å². The van der Waals surface area contributed by atoms with Gasteiger partial charge in [-0.25, -0.2) is 9.97 Å². The Labute approximate surface area is 159 Å². The van der Waals surface area contributed by atoms with Gasteiger partial charge in [0.1, 0.15) is 11.6 Å². The van der Waals surface area contributed by atoms with Crippen molar-refractivity contribution in [2.75, 3.05) is 12.4 Å². The van der Waals surface area contributed by atoms with Crippen molar-refractivity contribution in [2.24, 2.45) is 0 Å². The molecule has 6 nitrogen and oxygen atoms in total. The number of fused-ring (bicyclic) bond motifs is 1. The molecule has 0 aliphatic rings. The second kappa shape index (κ2) is 8.14. The van der Waals surface area contributed by atoms with Gasteiger partial charge in [0.15, 0.2) is 0 Å². The van der Waals surface area contributed by atoms with Crippen molar-refractivity contribution < 1.29 is 14.6 Å². The molecule has 1 heterocycles. The van der Waals surface area contributed by atoms with Gasteiger partial charge in [0.25, 0.3) is 0 Å². The summed E-state index contributed by atoms with van der Waals surface area (Å²) in [7, 11) is 1.62. The van der Waals surface area contributed by atoms with E-state index in [0.717, 1.165) is 21.3 Å². The molecule has 0 amide bonds. The van der Waals surface area contributed by atoms with E-state index in [4.69, 9.17) is 4.74 Å². The average molecular weight is 415 g/mol. The molecule has 0 radical (unpaired) electrons. The summed E-state index contributed by atoms with van der Waals surface area (Å²) < 4.78 is 6.05. The number of halogens is 1. The molecule has 7 heteroatoms. The fourth-order valence-corrected chi connectivity index (χ4v) is 2.88. The maximum absolute atomic E-state index is 10.8. The van der Waals surface area contributed by atoms with Gasteiger partial charge < -0.3 is 20.0 Å². The molecule has 0 bridgehead atoms. The molecule has 0 unspecified atom stereocenters. The maximum Gasteiger partial charge on any atom is 0.148 e. The van der Waals surface area contributed by atoms with Crippen molar-refractivity contribution >= 4 is 38.8 Å². The Morgan fingerprint density at radius 3 is 2.62 bits per heavy atom. The number of aliphatic carboxylic acids is 1. The number of methoxy groups -OCH3 is 1. The lowest BCUT2D eigenvalue weighted by Gasteiger charge is -2.13. The van der Waals surface area contributed by atoms with Crippen LogP contribution in [0.25, 0.3) is 11.0 Å². The Morgan fingerprint density at radius 1 is 1.15 bits per heavy atom. The van der Waals surface area contributed by atoms with E-state index in [9.17, 15) is 9.90 Å². The predicted octanol–water partition coefficient (Wildman–Crippen LogP) is 2.70. The Balaban J connectivity index is 1.86. The van der Waals surface area contributed by atoms with Gasteiger partial charge >= 0.3 is 0 Å². The summed E-state index contributed by atoms with van der Waals surface area (Å²) in [4.78, 5) is 20.0. The molecular formula is C19H17BrN3O3-. The van der Waals surface area contributed by atoms with Crippen LogP contribution in [0.2, 0.25) is 0 Å². The number of carbonyl (C=O) groups excluding carboxylic acids is 1. The number of ether oxygens (including phenoxy) is 1. The number of aromatic nitrogens is 2. The van der Waals surface area contributed by atoms with Crippen LogP contribution in [-0.2, 0) is 17.8 Å². The zero-order chi connectivity index (χ0) is 18.5. The molecule has 0 aliphatic carbocycles. The van der Waals surface area contributed by atoms with Crippen LogP contribution in [0.3, 0.4) is 0 Å². The zero-order valence-corrected chi connectivity index (χ0v) is 15.7. The Bertz CT molecular complexity index is 929. The molecule has 1 N–H and O–H groups in total. The fraction of sp³-hybridized carbons (Fsp3) is 0.211. The van der Waals surface area contributed by atoms with E-state index in [2.05, 4.69) is 31.2 Å². The summed E-state index contributed by atoms with van der Waals surface area (Å²) in [5.41, 5.74) is 3.10. The molecule has 0 saturated heterocycles. The number of carboxylic acid groups (broad SMARTS) is 1. The van der Waals surface area contributed by atoms with E-state index >= 15 is 0 Å². The molecule has 0 atom stereocenters. The van der Waals surface area contributed by atoms with Crippen LogP contribution < -0.4 is 15.2 Å². The molecule has 0 fully saturated rings. The third kappa shape index (κ3) is 4.49. The van der Waals surface area contributed by atoms with E-state index < -0.39 is 5.97 Å². The predicted molar refractivity (Wildman–Crippen MR) is 101 cm³/mol. The first-order chi connectivity index (χ1) is 12.5. The van der Waals surface area contributed by atoms with Crippen LogP contribution in [0.15, 0.2) is 46.9 Å². The van der Waals surface area contributed by atoms with E-state index in [0.29, 0.717) is 23.6 Å². The molecule has 134 valence electrons. The first-order valence-electron chi connectivity index (χ1n) is 8.08.